The third-order valence-corrected chi connectivity index (χ3v) is 12.2. The first-order valence-electron chi connectivity index (χ1n) is 18.5. The average Bonchev–Trinajstić information content (AvgIpc) is 3.58. The maximum Gasteiger partial charge on any atom is 0.225 e. The van der Waals surface area contributed by atoms with Crippen molar-refractivity contribution >= 4 is 23.4 Å². The van der Waals surface area contributed by atoms with Crippen molar-refractivity contribution in [3.63, 3.8) is 0 Å². The van der Waals surface area contributed by atoms with Gasteiger partial charge in [0.1, 0.15) is 0 Å². The molecule has 6 rings (SSSR count). The maximum atomic E-state index is 13.5. The van der Waals surface area contributed by atoms with Crippen LogP contribution >= 0.6 is 11.6 Å². The summed E-state index contributed by atoms with van der Waals surface area (Å²) >= 11 is 6.97. The Bertz CT molecular complexity index is 1020. The molecule has 2 amide bonds. The summed E-state index contributed by atoms with van der Waals surface area (Å²) in [6.45, 7) is 11.7. The van der Waals surface area contributed by atoms with Gasteiger partial charge in [0.05, 0.1) is 49.4 Å². The number of carbonyl (C=O) groups is 2. The maximum absolute atomic E-state index is 13.5. The third kappa shape index (κ3) is 9.38. The summed E-state index contributed by atoms with van der Waals surface area (Å²) in [4.78, 5) is 32.8. The van der Waals surface area contributed by atoms with E-state index in [-0.39, 0.29) is 60.1 Å². The van der Waals surface area contributed by atoms with E-state index < -0.39 is 6.10 Å². The van der Waals surface area contributed by atoms with Crippen molar-refractivity contribution in [3.05, 3.63) is 0 Å². The summed E-state index contributed by atoms with van der Waals surface area (Å²) in [5.74, 6) is 1.07. The van der Waals surface area contributed by atoms with E-state index in [4.69, 9.17) is 21.1 Å². The number of hydrogen-bond donors (Lipinski definition) is 5. The van der Waals surface area contributed by atoms with Crippen LogP contribution in [0.15, 0.2) is 0 Å². The van der Waals surface area contributed by atoms with Gasteiger partial charge in [-0.05, 0) is 63.3 Å². The molecule has 4 saturated heterocycles. The summed E-state index contributed by atoms with van der Waals surface area (Å²) in [5, 5.41) is 24.9. The molecular formula is C34H60ClN7O5. The largest absolute Gasteiger partial charge is 0.390 e. The second-order valence-electron chi connectivity index (χ2n) is 15.4. The summed E-state index contributed by atoms with van der Waals surface area (Å²) in [7, 11) is 0. The molecule has 4 heterocycles. The first-order chi connectivity index (χ1) is 22.7. The normalized spacial score (nSPS) is 36.6. The lowest BCUT2D eigenvalue weighted by Gasteiger charge is -2.46. The highest BCUT2D eigenvalue weighted by molar-refractivity contribution is 6.21. The van der Waals surface area contributed by atoms with Crippen LogP contribution in [0.2, 0.25) is 0 Å². The fourth-order valence-corrected chi connectivity index (χ4v) is 9.14. The van der Waals surface area contributed by atoms with Crippen molar-refractivity contribution in [3.8, 4) is 0 Å². The van der Waals surface area contributed by atoms with E-state index in [0.29, 0.717) is 37.8 Å². The minimum atomic E-state index is -0.616. The molecule has 12 nitrogen and oxygen atoms in total. The number of ether oxygens (including phenoxy) is 2. The zero-order chi connectivity index (χ0) is 32.9. The Labute approximate surface area is 286 Å². The number of carbonyl (C=O) groups excluding carboxylic acids is 2. The first kappa shape index (κ1) is 35.7. The van der Waals surface area contributed by atoms with Gasteiger partial charge in [0.2, 0.25) is 11.8 Å². The standard InChI is InChI=1S/C34H60ClN7O5/c1-22(2)34(45)42-12-10-41(11-13-42)31-15-24(14-30(39-31)38-25-4-3-5-25)33(44)37-16-26(43)19-40-9-8-28-23(18-40)6-7-29(32(28)35)46-20-27-17-36-21-47-27/h22-32,36,38-39,43H,3-21H2,1-2H3,(H,37,44)/t23?,24?,26-,27?,28?,29?,30?,31?,32?/m0/s1. The molecule has 0 radical (unpaired) electrons. The van der Waals surface area contributed by atoms with Crippen LogP contribution in [-0.2, 0) is 19.1 Å². The lowest BCUT2D eigenvalue weighted by molar-refractivity contribution is -0.137. The van der Waals surface area contributed by atoms with Crippen LogP contribution in [0.4, 0.5) is 0 Å². The third-order valence-electron chi connectivity index (χ3n) is 11.6. The number of likely N-dealkylation sites (tertiary alicyclic amines) is 1. The molecule has 2 saturated carbocycles. The number of amides is 2. The summed E-state index contributed by atoms with van der Waals surface area (Å²) in [6.07, 6.45) is 7.89. The van der Waals surface area contributed by atoms with Gasteiger partial charge in [0.25, 0.3) is 0 Å². The molecule has 0 aromatic carbocycles. The van der Waals surface area contributed by atoms with Gasteiger partial charge in [0.15, 0.2) is 0 Å². The van der Waals surface area contributed by atoms with Gasteiger partial charge in [-0.1, -0.05) is 20.3 Å². The number of rotatable bonds is 12. The molecule has 6 fully saturated rings. The van der Waals surface area contributed by atoms with E-state index >= 15 is 0 Å². The van der Waals surface area contributed by atoms with Gasteiger partial charge < -0.3 is 29.7 Å². The molecule has 0 aromatic rings. The zero-order valence-corrected chi connectivity index (χ0v) is 29.3. The van der Waals surface area contributed by atoms with Crippen LogP contribution in [0, 0.1) is 23.7 Å². The quantitative estimate of drug-likeness (QED) is 0.188. The lowest BCUT2D eigenvalue weighted by atomic mass is 9.73. The van der Waals surface area contributed by atoms with Crippen LogP contribution in [0.25, 0.3) is 0 Å². The highest BCUT2D eigenvalue weighted by Gasteiger charge is 2.43. The topological polar surface area (TPSA) is 131 Å². The molecule has 13 heteroatoms. The zero-order valence-electron chi connectivity index (χ0n) is 28.6. The van der Waals surface area contributed by atoms with Gasteiger partial charge in [-0.3, -0.25) is 30.4 Å². The highest BCUT2D eigenvalue weighted by atomic mass is 35.5. The number of aliphatic hydroxyl groups excluding tert-OH is 1. The predicted octanol–water partition coefficient (Wildman–Crippen LogP) is 0.728. The summed E-state index contributed by atoms with van der Waals surface area (Å²) < 4.78 is 11.8. The molecule has 0 aromatic heterocycles. The van der Waals surface area contributed by atoms with Crippen LogP contribution in [0.5, 0.6) is 0 Å². The van der Waals surface area contributed by atoms with Crippen molar-refractivity contribution in [2.45, 2.75) is 107 Å². The monoisotopic (exact) mass is 681 g/mol. The average molecular weight is 682 g/mol. The van der Waals surface area contributed by atoms with Gasteiger partial charge >= 0.3 is 0 Å². The molecule has 0 bridgehead atoms. The molecule has 8 unspecified atom stereocenters. The van der Waals surface area contributed by atoms with Gasteiger partial charge in [-0.2, -0.15) is 0 Å². The molecule has 6 aliphatic rings. The summed E-state index contributed by atoms with van der Waals surface area (Å²) in [5.41, 5.74) is 0. The number of halogens is 1. The van der Waals surface area contributed by atoms with Crippen molar-refractivity contribution < 1.29 is 24.2 Å². The molecule has 4 aliphatic heterocycles. The molecular weight excluding hydrogens is 622 g/mol. The van der Waals surface area contributed by atoms with E-state index in [0.717, 1.165) is 77.9 Å². The van der Waals surface area contributed by atoms with Crippen LogP contribution in [-0.4, -0.2) is 146 Å². The highest BCUT2D eigenvalue weighted by Crippen LogP contribution is 2.40. The lowest BCUT2D eigenvalue weighted by Crippen LogP contribution is -2.65. The van der Waals surface area contributed by atoms with E-state index in [2.05, 4.69) is 31.1 Å². The summed E-state index contributed by atoms with van der Waals surface area (Å²) in [6, 6.07) is 0.516. The first-order valence-corrected chi connectivity index (χ1v) is 19.0. The second kappa shape index (κ2) is 16.7. The molecule has 5 N–H and O–H groups in total. The van der Waals surface area contributed by atoms with Crippen LogP contribution in [0.1, 0.15) is 65.2 Å². The number of alkyl halides is 1. The molecule has 9 atom stereocenters. The molecule has 0 spiro atoms. The van der Waals surface area contributed by atoms with E-state index in [1.807, 2.05) is 18.7 Å². The fourth-order valence-electron chi connectivity index (χ4n) is 8.61. The van der Waals surface area contributed by atoms with E-state index in [9.17, 15) is 14.7 Å². The Kier molecular flexibility index (Phi) is 12.7. The molecule has 47 heavy (non-hydrogen) atoms. The van der Waals surface area contributed by atoms with E-state index in [1.54, 1.807) is 0 Å². The predicted molar refractivity (Wildman–Crippen MR) is 181 cm³/mol. The van der Waals surface area contributed by atoms with E-state index in [1.165, 1.54) is 19.3 Å². The van der Waals surface area contributed by atoms with Gasteiger partial charge in [-0.25, -0.2) is 0 Å². The number of aliphatic hydroxyl groups is 1. The van der Waals surface area contributed by atoms with Gasteiger partial charge in [-0.15, -0.1) is 11.6 Å². The van der Waals surface area contributed by atoms with Crippen molar-refractivity contribution in [1.82, 2.24) is 36.0 Å². The van der Waals surface area contributed by atoms with Crippen molar-refractivity contribution in [2.75, 3.05) is 72.2 Å². The Morgan fingerprint density at radius 2 is 1.87 bits per heavy atom. The number of fused-ring (bicyclic) bond motifs is 1. The van der Waals surface area contributed by atoms with Gasteiger partial charge in [0, 0.05) is 70.2 Å². The SMILES string of the molecule is CC(C)C(=O)N1CCN(C2CC(C(=O)NC[C@H](O)CN3CCC4C(CCC(OCC5CNCO5)C4Cl)C3)CC(NC3CCC3)N2)CC1. The number of nitrogens with one attached hydrogen (secondary N) is 4. The number of hydrogen-bond acceptors (Lipinski definition) is 10. The Balaban J connectivity index is 0.941. The Morgan fingerprint density at radius 1 is 1.06 bits per heavy atom. The number of β-amino-alcohol motifs (C(OH)–C–C–N with tert-alkyl or cyclic N) is 1. The minimum absolute atomic E-state index is 0.0114. The minimum Gasteiger partial charge on any atom is -0.390 e. The smallest absolute Gasteiger partial charge is 0.225 e. The van der Waals surface area contributed by atoms with Crippen LogP contribution in [0.3, 0.4) is 0 Å². The van der Waals surface area contributed by atoms with Crippen LogP contribution < -0.4 is 21.3 Å². The van der Waals surface area contributed by atoms with Crippen molar-refractivity contribution in [1.29, 1.82) is 0 Å². The second-order valence-corrected chi connectivity index (χ2v) is 15.9. The number of piperazine rings is 1. The Hall–Kier alpha value is -1.09. The fraction of sp³-hybridized carbons (Fsp3) is 0.941. The number of nitrogens with zero attached hydrogens (tertiary/aromatic N) is 3. The Morgan fingerprint density at radius 3 is 2.57 bits per heavy atom. The van der Waals surface area contributed by atoms with Crippen molar-refractivity contribution in [2.24, 2.45) is 23.7 Å². The molecule has 268 valence electrons. The molecule has 2 aliphatic carbocycles. The number of piperidine rings is 2.